The molecule has 0 bridgehead atoms. The van der Waals surface area contributed by atoms with Gasteiger partial charge in [0.1, 0.15) is 0 Å². The minimum atomic E-state index is -0.274. The Labute approximate surface area is 126 Å². The third-order valence-corrected chi connectivity index (χ3v) is 6.98. The van der Waals surface area contributed by atoms with Crippen LogP contribution in [0.5, 0.6) is 0 Å². The van der Waals surface area contributed by atoms with Crippen LogP contribution in [0, 0.1) is 40.4 Å². The van der Waals surface area contributed by atoms with Crippen LogP contribution in [0.2, 0.25) is 0 Å². The number of ether oxygens (including phenoxy) is 1. The van der Waals surface area contributed by atoms with Gasteiger partial charge >= 0.3 is 5.97 Å². The number of methoxy groups -OCH3 is 1. The summed E-state index contributed by atoms with van der Waals surface area (Å²) in [5, 5.41) is 3.35. The summed E-state index contributed by atoms with van der Waals surface area (Å²) in [5.74, 6) is 2.56. The van der Waals surface area contributed by atoms with Gasteiger partial charge in [-0.05, 0) is 48.3 Å². The van der Waals surface area contributed by atoms with E-state index in [4.69, 9.17) is 4.74 Å². The van der Waals surface area contributed by atoms with E-state index in [1.54, 1.807) is 0 Å². The zero-order chi connectivity index (χ0) is 15.4. The lowest BCUT2D eigenvalue weighted by atomic mass is 9.10. The molecule has 4 aliphatic carbocycles. The third kappa shape index (κ3) is 1.21. The zero-order valence-electron chi connectivity index (χ0n) is 13.5. The van der Waals surface area contributed by atoms with Gasteiger partial charge in [-0.25, -0.2) is 0 Å². The molecule has 4 saturated carbocycles. The normalized spacial score (nSPS) is 51.4. The Morgan fingerprint density at radius 3 is 2.19 bits per heavy atom. The van der Waals surface area contributed by atoms with E-state index in [9.17, 15) is 9.59 Å². The molecule has 0 spiro atoms. The van der Waals surface area contributed by atoms with E-state index in [1.165, 1.54) is 13.5 Å². The van der Waals surface area contributed by atoms with Gasteiger partial charge in [0, 0.05) is 12.0 Å². The molecule has 4 fully saturated rings. The van der Waals surface area contributed by atoms with Gasteiger partial charge in [-0.3, -0.25) is 9.59 Å². The van der Waals surface area contributed by atoms with E-state index in [1.807, 2.05) is 0 Å². The monoisotopic (exact) mass is 291 g/mol. The molecule has 0 saturated heterocycles. The molecule has 0 radical (unpaired) electrons. The molecule has 116 valence electrons. The Hall–Kier alpha value is -1.06. The maximum absolute atomic E-state index is 12.3. The van der Waals surface area contributed by atoms with E-state index in [-0.39, 0.29) is 28.2 Å². The highest BCUT2D eigenvalue weighted by Crippen LogP contribution is 2.91. The SMILES string of the molecule is COC(=O)C1(C)C2C3CC4C1C2C34NC(=O)CC(C)(C)C. The van der Waals surface area contributed by atoms with E-state index in [2.05, 4.69) is 33.0 Å². The molecule has 0 aromatic rings. The number of carbonyl (C=O) groups excluding carboxylic acids is 2. The van der Waals surface area contributed by atoms with Crippen molar-refractivity contribution < 1.29 is 14.3 Å². The quantitative estimate of drug-likeness (QED) is 0.809. The number of fused-ring (bicyclic) bond motifs is 2. The van der Waals surface area contributed by atoms with Gasteiger partial charge in [-0.2, -0.15) is 0 Å². The van der Waals surface area contributed by atoms with Crippen LogP contribution < -0.4 is 5.32 Å². The Morgan fingerprint density at radius 2 is 1.76 bits per heavy atom. The minimum Gasteiger partial charge on any atom is -0.469 e. The highest BCUT2D eigenvalue weighted by molar-refractivity contribution is 5.84. The van der Waals surface area contributed by atoms with Crippen LogP contribution in [0.15, 0.2) is 0 Å². The van der Waals surface area contributed by atoms with Crippen LogP contribution >= 0.6 is 0 Å². The second-order valence-electron chi connectivity index (χ2n) is 9.02. The van der Waals surface area contributed by atoms with Crippen LogP contribution in [0.3, 0.4) is 0 Å². The summed E-state index contributed by atoms with van der Waals surface area (Å²) < 4.78 is 5.03. The number of rotatable bonds is 3. The van der Waals surface area contributed by atoms with Crippen molar-refractivity contribution in [3.8, 4) is 0 Å². The number of amides is 1. The molecule has 1 N–H and O–H groups in total. The summed E-state index contributed by atoms with van der Waals surface area (Å²) in [5.41, 5.74) is -0.188. The molecule has 4 aliphatic rings. The lowest BCUT2D eigenvalue weighted by Crippen LogP contribution is -3.01. The summed E-state index contributed by atoms with van der Waals surface area (Å²) in [7, 11) is 1.49. The van der Waals surface area contributed by atoms with Gasteiger partial charge in [-0.15, -0.1) is 0 Å². The average Bonchev–Trinajstić information content (AvgIpc) is 2.40. The van der Waals surface area contributed by atoms with E-state index >= 15 is 0 Å². The van der Waals surface area contributed by atoms with Crippen molar-refractivity contribution in [1.82, 2.24) is 5.32 Å². The number of hydrogen-bond donors (Lipinski definition) is 1. The standard InChI is InChI=1S/C17H25NO3/c1-15(2,3)7-10(19)18-17-8-6-9(17)12-13(17)11(8)16(12,4)14(20)21-5/h8-9,11-13H,6-7H2,1-5H3,(H,18,19). The van der Waals surface area contributed by atoms with Gasteiger partial charge in [0.25, 0.3) is 0 Å². The van der Waals surface area contributed by atoms with Crippen LogP contribution in [0.25, 0.3) is 0 Å². The van der Waals surface area contributed by atoms with Crippen molar-refractivity contribution in [3.63, 3.8) is 0 Å². The molecular formula is C17H25NO3. The fourth-order valence-electron chi connectivity index (χ4n) is 6.45. The molecule has 4 unspecified atom stereocenters. The van der Waals surface area contributed by atoms with Crippen molar-refractivity contribution in [2.24, 2.45) is 40.4 Å². The first-order valence-electron chi connectivity index (χ1n) is 8.07. The fraction of sp³-hybridized carbons (Fsp3) is 0.882. The van der Waals surface area contributed by atoms with Crippen molar-refractivity contribution in [2.45, 2.75) is 46.1 Å². The van der Waals surface area contributed by atoms with Crippen LogP contribution in [-0.2, 0) is 14.3 Å². The molecule has 4 nitrogen and oxygen atoms in total. The highest BCUT2D eigenvalue weighted by Gasteiger charge is 2.96. The fourth-order valence-corrected chi connectivity index (χ4v) is 6.45. The molecule has 4 heteroatoms. The van der Waals surface area contributed by atoms with Gasteiger partial charge < -0.3 is 10.1 Å². The average molecular weight is 291 g/mol. The number of nitrogens with one attached hydrogen (secondary N) is 1. The predicted molar refractivity (Wildman–Crippen MR) is 77.1 cm³/mol. The molecule has 0 heterocycles. The summed E-state index contributed by atoms with van der Waals surface area (Å²) in [6, 6.07) is 0. The summed E-state index contributed by atoms with van der Waals surface area (Å²) in [4.78, 5) is 24.4. The van der Waals surface area contributed by atoms with Crippen LogP contribution in [0.4, 0.5) is 0 Å². The largest absolute Gasteiger partial charge is 0.469 e. The Bertz CT molecular complexity index is 515. The van der Waals surface area contributed by atoms with E-state index < -0.39 is 0 Å². The molecule has 4 rings (SSSR count). The predicted octanol–water partition coefficient (Wildman–Crippen LogP) is 1.98. The maximum Gasteiger partial charge on any atom is 0.312 e. The number of hydrogen-bond acceptors (Lipinski definition) is 3. The van der Waals surface area contributed by atoms with Crippen LogP contribution in [0.1, 0.15) is 40.5 Å². The summed E-state index contributed by atoms with van der Waals surface area (Å²) in [6.45, 7) is 8.35. The number of esters is 1. The lowest BCUT2D eigenvalue weighted by Gasteiger charge is -2.95. The Balaban J connectivity index is 1.48. The lowest BCUT2D eigenvalue weighted by molar-refractivity contribution is -0.448. The summed E-state index contributed by atoms with van der Waals surface area (Å²) in [6.07, 6.45) is 1.76. The van der Waals surface area contributed by atoms with Gasteiger partial charge in [-0.1, -0.05) is 20.8 Å². The van der Waals surface area contributed by atoms with Crippen molar-refractivity contribution in [3.05, 3.63) is 0 Å². The van der Waals surface area contributed by atoms with Gasteiger partial charge in [0.2, 0.25) is 5.91 Å². The minimum absolute atomic E-state index is 0.0252. The maximum atomic E-state index is 12.3. The highest BCUT2D eigenvalue weighted by atomic mass is 16.5. The molecule has 0 aromatic carbocycles. The third-order valence-electron chi connectivity index (χ3n) is 6.98. The first-order chi connectivity index (χ1) is 9.68. The second kappa shape index (κ2) is 3.47. The smallest absolute Gasteiger partial charge is 0.312 e. The first-order valence-corrected chi connectivity index (χ1v) is 8.07. The molecule has 1 amide bonds. The molecule has 21 heavy (non-hydrogen) atoms. The van der Waals surface area contributed by atoms with Crippen molar-refractivity contribution in [2.75, 3.05) is 7.11 Å². The molecule has 0 aliphatic heterocycles. The topological polar surface area (TPSA) is 55.4 Å². The van der Waals surface area contributed by atoms with Crippen LogP contribution in [-0.4, -0.2) is 24.5 Å². The van der Waals surface area contributed by atoms with Crippen molar-refractivity contribution >= 4 is 11.9 Å². The molecule has 0 aromatic heterocycles. The molecular weight excluding hydrogens is 266 g/mol. The van der Waals surface area contributed by atoms with E-state index in [0.29, 0.717) is 36.0 Å². The second-order valence-corrected chi connectivity index (χ2v) is 9.02. The molecule has 4 atom stereocenters. The number of carbonyl (C=O) groups is 2. The van der Waals surface area contributed by atoms with E-state index in [0.717, 1.165) is 0 Å². The van der Waals surface area contributed by atoms with Gasteiger partial charge in [0.05, 0.1) is 12.5 Å². The zero-order valence-corrected chi connectivity index (χ0v) is 13.5. The first kappa shape index (κ1) is 13.6. The van der Waals surface area contributed by atoms with Gasteiger partial charge in [0.15, 0.2) is 0 Å². The Kier molecular flexibility index (Phi) is 2.24. The Morgan fingerprint density at radius 1 is 1.19 bits per heavy atom. The van der Waals surface area contributed by atoms with Crippen molar-refractivity contribution in [1.29, 1.82) is 0 Å². The summed E-state index contributed by atoms with van der Waals surface area (Å²) >= 11 is 0.